The van der Waals surface area contributed by atoms with Gasteiger partial charge in [-0.3, -0.25) is 0 Å². The van der Waals surface area contributed by atoms with E-state index in [4.69, 9.17) is 9.84 Å². The lowest BCUT2D eigenvalue weighted by Gasteiger charge is -2.27. The van der Waals surface area contributed by atoms with E-state index in [1.165, 1.54) is 16.9 Å². The third kappa shape index (κ3) is 3.31. The minimum absolute atomic E-state index is 0.0626. The maximum Gasteiger partial charge on any atom is 0.326 e. The van der Waals surface area contributed by atoms with Gasteiger partial charge in [-0.1, -0.05) is 0 Å². The maximum atomic E-state index is 11.9. The number of amides is 2. The number of ether oxygens (including phenoxy) is 1. The van der Waals surface area contributed by atoms with Gasteiger partial charge in [-0.25, -0.2) is 9.59 Å². The molecule has 1 rings (SSSR count). The summed E-state index contributed by atoms with van der Waals surface area (Å²) in [6, 6.07) is -1.34. The monoisotopic (exact) mass is 246 g/mol. The van der Waals surface area contributed by atoms with Crippen molar-refractivity contribution in [2.75, 3.05) is 33.9 Å². The number of nitrogens with zero attached hydrogens (tertiary/aromatic N) is 2. The summed E-state index contributed by atoms with van der Waals surface area (Å²) < 4.78 is 4.84. The molecule has 7 nitrogen and oxygen atoms in total. The van der Waals surface area contributed by atoms with E-state index in [9.17, 15) is 14.7 Å². The highest BCUT2D eigenvalue weighted by Crippen LogP contribution is 2.19. The number of aliphatic hydroxyl groups is 1. The number of likely N-dealkylation sites (N-methyl/N-ethyl adjacent to an activating group) is 1. The van der Waals surface area contributed by atoms with Crippen LogP contribution in [0.15, 0.2) is 0 Å². The summed E-state index contributed by atoms with van der Waals surface area (Å²) in [6.45, 7) is 0.831. The molecule has 17 heavy (non-hydrogen) atoms. The second-order valence-electron chi connectivity index (χ2n) is 4.09. The summed E-state index contributed by atoms with van der Waals surface area (Å²) in [7, 11) is 3.10. The van der Waals surface area contributed by atoms with Crippen LogP contribution in [0.3, 0.4) is 0 Å². The average Bonchev–Trinajstić information content (AvgIpc) is 2.67. The largest absolute Gasteiger partial charge is 0.480 e. The third-order valence-corrected chi connectivity index (χ3v) is 2.77. The minimum Gasteiger partial charge on any atom is -0.480 e. The van der Waals surface area contributed by atoms with Gasteiger partial charge in [0.05, 0.1) is 12.7 Å². The molecule has 0 radical (unpaired) electrons. The highest BCUT2D eigenvalue weighted by atomic mass is 16.5. The van der Waals surface area contributed by atoms with E-state index in [0.717, 1.165) is 0 Å². The molecule has 0 aromatic rings. The van der Waals surface area contributed by atoms with Gasteiger partial charge in [0, 0.05) is 33.7 Å². The number of hydrogen-bond donors (Lipinski definition) is 2. The molecule has 2 amide bonds. The summed E-state index contributed by atoms with van der Waals surface area (Å²) >= 11 is 0. The molecule has 0 bridgehead atoms. The van der Waals surface area contributed by atoms with Crippen LogP contribution in [-0.2, 0) is 9.53 Å². The van der Waals surface area contributed by atoms with Crippen molar-refractivity contribution in [3.63, 3.8) is 0 Å². The highest BCUT2D eigenvalue weighted by Gasteiger charge is 2.39. The van der Waals surface area contributed by atoms with E-state index >= 15 is 0 Å². The van der Waals surface area contributed by atoms with E-state index in [1.807, 2.05) is 0 Å². The summed E-state index contributed by atoms with van der Waals surface area (Å²) in [5, 5.41) is 18.4. The Kier molecular flexibility index (Phi) is 4.71. The van der Waals surface area contributed by atoms with Crippen molar-refractivity contribution in [3.05, 3.63) is 0 Å². The molecule has 1 aliphatic rings. The number of carboxylic acids is 1. The zero-order chi connectivity index (χ0) is 13.0. The molecule has 0 spiro atoms. The number of carbonyl (C=O) groups is 2. The number of carboxylic acid groups (broad SMARTS) is 1. The lowest BCUT2D eigenvalue weighted by molar-refractivity contribution is -0.141. The van der Waals surface area contributed by atoms with E-state index < -0.39 is 24.1 Å². The molecule has 0 unspecified atom stereocenters. The second-order valence-corrected chi connectivity index (χ2v) is 4.09. The number of aliphatic hydroxyl groups excluding tert-OH is 1. The molecule has 7 heteroatoms. The Balaban J connectivity index is 2.63. The molecule has 0 aromatic carbocycles. The first-order valence-corrected chi connectivity index (χ1v) is 5.39. The molecule has 1 saturated heterocycles. The van der Waals surface area contributed by atoms with Crippen LogP contribution < -0.4 is 0 Å². The lowest BCUT2D eigenvalue weighted by atomic mass is 10.2. The number of hydrogen-bond acceptors (Lipinski definition) is 4. The van der Waals surface area contributed by atoms with Crippen molar-refractivity contribution in [1.82, 2.24) is 9.80 Å². The van der Waals surface area contributed by atoms with Gasteiger partial charge < -0.3 is 24.7 Å². The van der Waals surface area contributed by atoms with Gasteiger partial charge in [0.25, 0.3) is 0 Å². The number of likely N-dealkylation sites (tertiary alicyclic amines) is 1. The molecule has 0 aromatic heterocycles. The van der Waals surface area contributed by atoms with Crippen LogP contribution in [0.25, 0.3) is 0 Å². The van der Waals surface area contributed by atoms with Gasteiger partial charge in [0.15, 0.2) is 0 Å². The van der Waals surface area contributed by atoms with E-state index in [-0.39, 0.29) is 13.0 Å². The zero-order valence-corrected chi connectivity index (χ0v) is 10.00. The molecule has 0 aliphatic carbocycles. The normalized spacial score (nSPS) is 23.8. The number of methoxy groups -OCH3 is 1. The van der Waals surface area contributed by atoms with Crippen LogP contribution in [0.5, 0.6) is 0 Å². The Morgan fingerprint density at radius 1 is 1.53 bits per heavy atom. The van der Waals surface area contributed by atoms with Crippen LogP contribution in [0.1, 0.15) is 6.42 Å². The summed E-state index contributed by atoms with van der Waals surface area (Å²) in [6.07, 6.45) is -0.685. The predicted octanol–water partition coefficient (Wildman–Crippen LogP) is -0.796. The van der Waals surface area contributed by atoms with Gasteiger partial charge in [0.2, 0.25) is 0 Å². The first-order chi connectivity index (χ1) is 7.97. The van der Waals surface area contributed by atoms with E-state index in [1.54, 1.807) is 7.05 Å². The Morgan fingerprint density at radius 3 is 2.71 bits per heavy atom. The zero-order valence-electron chi connectivity index (χ0n) is 10.00. The number of urea groups is 1. The number of carbonyl (C=O) groups excluding carboxylic acids is 1. The molecule has 1 fully saturated rings. The quantitative estimate of drug-likeness (QED) is 0.678. The fourth-order valence-electron chi connectivity index (χ4n) is 1.80. The molecule has 2 N–H and O–H groups in total. The van der Waals surface area contributed by atoms with Crippen molar-refractivity contribution in [2.24, 2.45) is 0 Å². The Bertz CT molecular complexity index is 296. The van der Waals surface area contributed by atoms with Crippen molar-refractivity contribution in [2.45, 2.75) is 18.6 Å². The van der Waals surface area contributed by atoms with Crippen LogP contribution in [0, 0.1) is 0 Å². The molecule has 1 aliphatic heterocycles. The molecule has 0 saturated carbocycles. The fraction of sp³-hybridized carbons (Fsp3) is 0.800. The SMILES string of the molecule is COCCN(C)C(=O)N1C[C@H](O)C[C@@H]1C(=O)O. The van der Waals surface area contributed by atoms with E-state index in [2.05, 4.69) is 0 Å². The number of rotatable bonds is 4. The molecular weight excluding hydrogens is 228 g/mol. The summed E-state index contributed by atoms with van der Waals surface area (Å²) in [5.41, 5.74) is 0. The average molecular weight is 246 g/mol. The number of aliphatic carboxylic acids is 1. The van der Waals surface area contributed by atoms with Gasteiger partial charge in [-0.2, -0.15) is 0 Å². The van der Waals surface area contributed by atoms with Crippen molar-refractivity contribution >= 4 is 12.0 Å². The van der Waals surface area contributed by atoms with Crippen LogP contribution >= 0.6 is 0 Å². The van der Waals surface area contributed by atoms with Crippen LogP contribution in [0.2, 0.25) is 0 Å². The van der Waals surface area contributed by atoms with Gasteiger partial charge in [0.1, 0.15) is 6.04 Å². The molecule has 1 heterocycles. The van der Waals surface area contributed by atoms with E-state index in [0.29, 0.717) is 13.2 Å². The van der Waals surface area contributed by atoms with Gasteiger partial charge >= 0.3 is 12.0 Å². The minimum atomic E-state index is -1.09. The number of β-amino-alcohol motifs (C(OH)–C–C–N with tert-alkyl or cyclic N) is 1. The predicted molar refractivity (Wildman–Crippen MR) is 58.7 cm³/mol. The first kappa shape index (κ1) is 13.7. The Labute approximate surface area is 99.6 Å². The topological polar surface area (TPSA) is 90.3 Å². The van der Waals surface area contributed by atoms with Crippen LogP contribution in [-0.4, -0.2) is 78.0 Å². The Hall–Kier alpha value is -1.34. The van der Waals surface area contributed by atoms with Gasteiger partial charge in [-0.15, -0.1) is 0 Å². The van der Waals surface area contributed by atoms with Crippen LogP contribution in [0.4, 0.5) is 4.79 Å². The lowest BCUT2D eigenvalue weighted by Crippen LogP contribution is -2.47. The highest BCUT2D eigenvalue weighted by molar-refractivity contribution is 5.83. The molecular formula is C10H18N2O5. The Morgan fingerprint density at radius 2 is 2.18 bits per heavy atom. The summed E-state index contributed by atoms with van der Waals surface area (Å²) in [5.74, 6) is -1.09. The second kappa shape index (κ2) is 5.83. The van der Waals surface area contributed by atoms with Gasteiger partial charge in [-0.05, 0) is 0 Å². The fourth-order valence-corrected chi connectivity index (χ4v) is 1.80. The third-order valence-electron chi connectivity index (χ3n) is 2.77. The summed E-state index contributed by atoms with van der Waals surface area (Å²) in [4.78, 5) is 25.5. The van der Waals surface area contributed by atoms with Crippen molar-refractivity contribution < 1.29 is 24.5 Å². The maximum absolute atomic E-state index is 11.9. The van der Waals surface area contributed by atoms with Crippen molar-refractivity contribution in [3.8, 4) is 0 Å². The van der Waals surface area contributed by atoms with Crippen molar-refractivity contribution in [1.29, 1.82) is 0 Å². The smallest absolute Gasteiger partial charge is 0.326 e. The molecule has 98 valence electrons. The standard InChI is InChI=1S/C10H18N2O5/c1-11(3-4-17-2)10(16)12-6-7(13)5-8(12)9(14)15/h7-8,13H,3-6H2,1-2H3,(H,14,15)/t7-,8-/m1/s1. The molecule has 2 atom stereocenters. The first-order valence-electron chi connectivity index (χ1n) is 5.39.